The molecular weight excluding hydrogens is 252 g/mol. The molecule has 16 heavy (non-hydrogen) atoms. The van der Waals surface area contributed by atoms with E-state index in [4.69, 9.17) is 16.7 Å². The van der Waals surface area contributed by atoms with Crippen LogP contribution in [-0.2, 0) is 14.8 Å². The van der Waals surface area contributed by atoms with E-state index in [-0.39, 0.29) is 15.8 Å². The molecule has 0 heterocycles. The lowest BCUT2D eigenvalue weighted by Crippen LogP contribution is -2.14. The molecule has 0 aliphatic heterocycles. The van der Waals surface area contributed by atoms with Crippen molar-refractivity contribution in [3.05, 3.63) is 22.7 Å². The number of carbonyl (C=O) groups is 1. The van der Waals surface area contributed by atoms with Crippen molar-refractivity contribution in [1.82, 2.24) is 0 Å². The third-order valence-corrected chi connectivity index (χ3v) is 3.08. The number of amides is 1. The summed E-state index contributed by atoms with van der Waals surface area (Å²) in [5, 5.41) is 7.62. The molecule has 1 aromatic carbocycles. The lowest BCUT2D eigenvalue weighted by atomic mass is 10.2. The smallest absolute Gasteiger partial charge is 0.238 e. The average Bonchev–Trinajstić information content (AvgIpc) is 2.09. The molecule has 0 atom stereocenters. The number of primary sulfonamides is 1. The first-order chi connectivity index (χ1) is 7.21. The van der Waals surface area contributed by atoms with Crippen LogP contribution in [0.1, 0.15) is 12.5 Å². The van der Waals surface area contributed by atoms with E-state index in [0.29, 0.717) is 11.3 Å². The molecule has 0 saturated heterocycles. The van der Waals surface area contributed by atoms with Gasteiger partial charge in [0.1, 0.15) is 0 Å². The molecule has 0 aliphatic carbocycles. The molecule has 0 saturated carbocycles. The molecule has 0 aliphatic rings. The number of rotatable bonds is 2. The first-order valence-corrected chi connectivity index (χ1v) is 6.25. The van der Waals surface area contributed by atoms with Crippen LogP contribution < -0.4 is 10.5 Å². The number of halogens is 1. The van der Waals surface area contributed by atoms with Gasteiger partial charge in [-0.2, -0.15) is 0 Å². The summed E-state index contributed by atoms with van der Waals surface area (Å²) in [5.41, 5.74) is 0.924. The number of anilines is 1. The van der Waals surface area contributed by atoms with Crippen molar-refractivity contribution in [3.8, 4) is 0 Å². The second-order valence-corrected chi connectivity index (χ2v) is 5.29. The Labute approximate surface area is 98.6 Å². The van der Waals surface area contributed by atoms with Gasteiger partial charge in [0.05, 0.1) is 15.6 Å². The normalized spacial score (nSPS) is 11.2. The number of hydrogen-bond donors (Lipinski definition) is 2. The second kappa shape index (κ2) is 4.40. The number of aryl methyl sites for hydroxylation is 1. The van der Waals surface area contributed by atoms with Gasteiger partial charge in [-0.1, -0.05) is 11.6 Å². The average molecular weight is 263 g/mol. The fraction of sp³-hybridized carbons (Fsp3) is 0.222. The van der Waals surface area contributed by atoms with Gasteiger partial charge in [-0.25, -0.2) is 13.6 Å². The molecule has 0 radical (unpaired) electrons. The van der Waals surface area contributed by atoms with E-state index in [0.717, 1.165) is 0 Å². The molecule has 1 rings (SSSR count). The number of hydrogen-bond acceptors (Lipinski definition) is 3. The van der Waals surface area contributed by atoms with Gasteiger partial charge in [0, 0.05) is 6.92 Å². The lowest BCUT2D eigenvalue weighted by molar-refractivity contribution is -0.114. The molecular formula is C9H11ClN2O3S. The van der Waals surface area contributed by atoms with Crippen LogP contribution in [-0.4, -0.2) is 14.3 Å². The summed E-state index contributed by atoms with van der Waals surface area (Å²) in [6.07, 6.45) is 0. The van der Waals surface area contributed by atoms with Crippen molar-refractivity contribution in [2.45, 2.75) is 18.7 Å². The minimum absolute atomic E-state index is 0.0795. The Hall–Kier alpha value is -1.11. The van der Waals surface area contributed by atoms with Gasteiger partial charge >= 0.3 is 0 Å². The van der Waals surface area contributed by atoms with E-state index in [1.54, 1.807) is 6.92 Å². The predicted molar refractivity (Wildman–Crippen MR) is 61.9 cm³/mol. The highest BCUT2D eigenvalue weighted by atomic mass is 35.5. The Balaban J connectivity index is 3.34. The van der Waals surface area contributed by atoms with Crippen LogP contribution in [0.4, 0.5) is 5.69 Å². The zero-order chi connectivity index (χ0) is 12.5. The fourth-order valence-electron chi connectivity index (χ4n) is 1.21. The SMILES string of the molecule is CC(=O)Nc1c(C)cc(S(N)(=O)=O)cc1Cl. The maximum absolute atomic E-state index is 11.1. The Morgan fingerprint density at radius 3 is 2.38 bits per heavy atom. The highest BCUT2D eigenvalue weighted by Crippen LogP contribution is 2.28. The maximum Gasteiger partial charge on any atom is 0.238 e. The Bertz CT molecular complexity index is 517. The lowest BCUT2D eigenvalue weighted by Gasteiger charge is -2.10. The summed E-state index contributed by atoms with van der Waals surface area (Å²) in [4.78, 5) is 10.8. The number of nitrogens with two attached hydrogens (primary N) is 1. The standard InChI is InChI=1S/C9H11ClN2O3S/c1-5-3-7(16(11,14)15)4-8(10)9(5)12-6(2)13/h3-4H,1-2H3,(H,12,13)(H2,11,14,15). The van der Waals surface area contributed by atoms with Crippen LogP contribution in [0.5, 0.6) is 0 Å². The quantitative estimate of drug-likeness (QED) is 0.841. The van der Waals surface area contributed by atoms with E-state index < -0.39 is 10.0 Å². The number of carbonyl (C=O) groups excluding carboxylic acids is 1. The fourth-order valence-corrected chi connectivity index (χ4v) is 2.21. The van der Waals surface area contributed by atoms with Gasteiger partial charge < -0.3 is 5.32 Å². The van der Waals surface area contributed by atoms with Crippen LogP contribution in [0.3, 0.4) is 0 Å². The van der Waals surface area contributed by atoms with Gasteiger partial charge in [-0.05, 0) is 24.6 Å². The zero-order valence-corrected chi connectivity index (χ0v) is 10.3. The van der Waals surface area contributed by atoms with Gasteiger partial charge in [0.2, 0.25) is 15.9 Å². The molecule has 5 nitrogen and oxygen atoms in total. The van der Waals surface area contributed by atoms with Gasteiger partial charge in [0.25, 0.3) is 0 Å². The summed E-state index contributed by atoms with van der Waals surface area (Å²) in [5.74, 6) is -0.284. The molecule has 7 heteroatoms. The van der Waals surface area contributed by atoms with Gasteiger partial charge in [-0.15, -0.1) is 0 Å². The van der Waals surface area contributed by atoms with Gasteiger partial charge in [0.15, 0.2) is 0 Å². The van der Waals surface area contributed by atoms with Crippen LogP contribution in [0, 0.1) is 6.92 Å². The highest BCUT2D eigenvalue weighted by Gasteiger charge is 2.14. The number of benzene rings is 1. The highest BCUT2D eigenvalue weighted by molar-refractivity contribution is 7.89. The minimum atomic E-state index is -3.79. The summed E-state index contributed by atoms with van der Waals surface area (Å²) in [6.45, 7) is 2.97. The topological polar surface area (TPSA) is 89.3 Å². The van der Waals surface area contributed by atoms with E-state index >= 15 is 0 Å². The molecule has 0 fully saturated rings. The predicted octanol–water partition coefficient (Wildman–Crippen LogP) is 1.25. The maximum atomic E-state index is 11.1. The Morgan fingerprint density at radius 2 is 2.00 bits per heavy atom. The molecule has 1 aromatic rings. The zero-order valence-electron chi connectivity index (χ0n) is 8.74. The van der Waals surface area contributed by atoms with E-state index in [1.807, 2.05) is 0 Å². The largest absolute Gasteiger partial charge is 0.325 e. The van der Waals surface area contributed by atoms with Crippen LogP contribution in [0.2, 0.25) is 5.02 Å². The van der Waals surface area contributed by atoms with Crippen molar-refractivity contribution in [2.24, 2.45) is 5.14 Å². The van der Waals surface area contributed by atoms with Crippen molar-refractivity contribution < 1.29 is 13.2 Å². The molecule has 3 N–H and O–H groups in total. The number of sulfonamides is 1. The first kappa shape index (κ1) is 13.0. The summed E-state index contributed by atoms with van der Waals surface area (Å²) in [7, 11) is -3.79. The molecule has 1 amide bonds. The van der Waals surface area contributed by atoms with Crippen molar-refractivity contribution in [2.75, 3.05) is 5.32 Å². The third-order valence-electron chi connectivity index (χ3n) is 1.89. The number of nitrogens with one attached hydrogen (secondary N) is 1. The summed E-state index contributed by atoms with van der Waals surface area (Å²) in [6, 6.07) is 2.56. The van der Waals surface area contributed by atoms with Crippen molar-refractivity contribution >= 4 is 33.2 Å². The minimum Gasteiger partial charge on any atom is -0.325 e. The molecule has 88 valence electrons. The van der Waals surface area contributed by atoms with Crippen LogP contribution >= 0.6 is 11.6 Å². The third kappa shape index (κ3) is 2.94. The summed E-state index contributed by atoms with van der Waals surface area (Å²) < 4.78 is 22.2. The van der Waals surface area contributed by atoms with Gasteiger partial charge in [-0.3, -0.25) is 4.79 Å². The van der Waals surface area contributed by atoms with Crippen LogP contribution in [0.15, 0.2) is 17.0 Å². The molecule has 0 bridgehead atoms. The van der Waals surface area contributed by atoms with Crippen molar-refractivity contribution in [3.63, 3.8) is 0 Å². The Kier molecular flexibility index (Phi) is 3.57. The molecule has 0 aromatic heterocycles. The Morgan fingerprint density at radius 1 is 1.44 bits per heavy atom. The van der Waals surface area contributed by atoms with E-state index in [1.165, 1.54) is 19.1 Å². The molecule has 0 unspecified atom stereocenters. The second-order valence-electron chi connectivity index (χ2n) is 3.32. The van der Waals surface area contributed by atoms with Crippen LogP contribution in [0.25, 0.3) is 0 Å². The summed E-state index contributed by atoms with van der Waals surface area (Å²) >= 11 is 5.85. The molecule has 0 spiro atoms. The van der Waals surface area contributed by atoms with Crippen molar-refractivity contribution in [1.29, 1.82) is 0 Å². The monoisotopic (exact) mass is 262 g/mol. The van der Waals surface area contributed by atoms with E-state index in [2.05, 4.69) is 5.32 Å². The first-order valence-electron chi connectivity index (χ1n) is 4.32. The van der Waals surface area contributed by atoms with E-state index in [9.17, 15) is 13.2 Å².